The summed E-state index contributed by atoms with van der Waals surface area (Å²) in [6.07, 6.45) is -0.425. The van der Waals surface area contributed by atoms with E-state index in [0.717, 1.165) is 24.5 Å². The second-order valence-corrected chi connectivity index (χ2v) is 8.12. The zero-order valence-electron chi connectivity index (χ0n) is 15.4. The minimum absolute atomic E-state index is 0.244. The van der Waals surface area contributed by atoms with Gasteiger partial charge >= 0.3 is 5.97 Å². The lowest BCUT2D eigenvalue weighted by Crippen LogP contribution is -2.31. The van der Waals surface area contributed by atoms with Crippen molar-refractivity contribution in [1.29, 1.82) is 0 Å². The molecule has 0 N–H and O–H groups in total. The Morgan fingerprint density at radius 3 is 2.21 bits per heavy atom. The molecule has 0 saturated heterocycles. The van der Waals surface area contributed by atoms with Crippen molar-refractivity contribution < 1.29 is 27.7 Å². The first kappa shape index (κ1) is 21.0. The summed E-state index contributed by atoms with van der Waals surface area (Å²) in [6.45, 7) is 0. The molecule has 2 aromatic rings. The molecule has 0 unspecified atom stereocenters. The van der Waals surface area contributed by atoms with Crippen LogP contribution in [0.4, 0.5) is 5.69 Å². The highest BCUT2D eigenvalue weighted by Crippen LogP contribution is 2.27. The number of amides is 1. The number of hydrogen-bond donors (Lipinski definition) is 0. The van der Waals surface area contributed by atoms with Gasteiger partial charge in [0.05, 0.1) is 10.5 Å². The molecule has 28 heavy (non-hydrogen) atoms. The van der Waals surface area contributed by atoms with E-state index in [9.17, 15) is 28.1 Å². The number of nitro benzene ring substituents is 1. The number of benzene rings is 2. The van der Waals surface area contributed by atoms with Crippen LogP contribution in [0.15, 0.2) is 53.4 Å². The van der Waals surface area contributed by atoms with Gasteiger partial charge in [0.25, 0.3) is 11.6 Å². The number of hydrogen-bond acceptors (Lipinski definition) is 7. The average molecular weight is 406 g/mol. The number of rotatable bonds is 6. The number of likely N-dealkylation sites (N-methyl/N-ethyl adjacent to an activating group) is 1. The Balaban J connectivity index is 2.42. The molecular weight excluding hydrogens is 388 g/mol. The zero-order chi connectivity index (χ0) is 21.1. The molecule has 0 saturated carbocycles. The molecule has 2 aromatic carbocycles. The Bertz CT molecular complexity index is 1020. The van der Waals surface area contributed by atoms with Crippen LogP contribution in [0, 0.1) is 10.1 Å². The van der Waals surface area contributed by atoms with Crippen molar-refractivity contribution in [2.24, 2.45) is 0 Å². The average Bonchev–Trinajstić information content (AvgIpc) is 2.64. The van der Waals surface area contributed by atoms with Crippen LogP contribution >= 0.6 is 0 Å². The van der Waals surface area contributed by atoms with E-state index >= 15 is 0 Å². The molecule has 0 aliphatic rings. The summed E-state index contributed by atoms with van der Waals surface area (Å²) < 4.78 is 28.7. The second-order valence-electron chi connectivity index (χ2n) is 6.14. The van der Waals surface area contributed by atoms with E-state index in [1.807, 2.05) is 0 Å². The second kappa shape index (κ2) is 8.17. The van der Waals surface area contributed by atoms with Crippen LogP contribution in [0.3, 0.4) is 0 Å². The standard InChI is InChI=1S/C18H18N2O7S/c1-19(2)17(21)16(12-7-5-4-6-8-12)27-18(22)13-9-10-15(28(3,25)26)14(11-13)20(23)24/h4-11,16H,1-3H3/t16-/m1/s1. The van der Waals surface area contributed by atoms with Gasteiger partial charge in [-0.15, -0.1) is 0 Å². The third-order valence-corrected chi connectivity index (χ3v) is 4.93. The van der Waals surface area contributed by atoms with Crippen molar-refractivity contribution >= 4 is 27.4 Å². The highest BCUT2D eigenvalue weighted by atomic mass is 32.2. The number of nitro groups is 1. The molecule has 148 valence electrons. The number of carbonyl (C=O) groups is 2. The Hall–Kier alpha value is -3.27. The molecule has 0 bridgehead atoms. The summed E-state index contributed by atoms with van der Waals surface area (Å²) >= 11 is 0. The number of esters is 1. The van der Waals surface area contributed by atoms with Gasteiger partial charge in [0.1, 0.15) is 4.90 Å². The van der Waals surface area contributed by atoms with E-state index < -0.39 is 43.3 Å². The van der Waals surface area contributed by atoms with Crippen LogP contribution in [0.1, 0.15) is 22.0 Å². The molecular formula is C18H18N2O7S. The minimum Gasteiger partial charge on any atom is -0.444 e. The van der Waals surface area contributed by atoms with Crippen molar-refractivity contribution in [3.8, 4) is 0 Å². The maximum atomic E-state index is 12.5. The summed E-state index contributed by atoms with van der Waals surface area (Å²) in [4.78, 5) is 36.0. The maximum Gasteiger partial charge on any atom is 0.339 e. The molecule has 10 heteroatoms. The fraction of sp³-hybridized carbons (Fsp3) is 0.222. The largest absolute Gasteiger partial charge is 0.444 e. The quantitative estimate of drug-likeness (QED) is 0.408. The monoisotopic (exact) mass is 406 g/mol. The summed E-state index contributed by atoms with van der Waals surface area (Å²) in [6, 6.07) is 11.2. The van der Waals surface area contributed by atoms with Crippen molar-refractivity contribution in [1.82, 2.24) is 4.90 Å². The summed E-state index contributed by atoms with van der Waals surface area (Å²) in [5, 5.41) is 11.2. The van der Waals surface area contributed by atoms with Crippen LogP contribution in [0.2, 0.25) is 0 Å². The van der Waals surface area contributed by atoms with E-state index in [4.69, 9.17) is 4.74 Å². The summed E-state index contributed by atoms with van der Waals surface area (Å²) in [5.41, 5.74) is -0.560. The van der Waals surface area contributed by atoms with E-state index in [2.05, 4.69) is 0 Å². The third kappa shape index (κ3) is 4.71. The number of ether oxygens (including phenoxy) is 1. The molecule has 1 atom stereocenters. The molecule has 9 nitrogen and oxygen atoms in total. The van der Waals surface area contributed by atoms with Crippen molar-refractivity contribution in [2.45, 2.75) is 11.0 Å². The lowest BCUT2D eigenvalue weighted by molar-refractivity contribution is -0.387. The van der Waals surface area contributed by atoms with Crippen LogP contribution in [-0.2, 0) is 19.4 Å². The van der Waals surface area contributed by atoms with Gasteiger partial charge in [-0.1, -0.05) is 30.3 Å². The number of sulfone groups is 1. The SMILES string of the molecule is CN(C)C(=O)[C@H](OC(=O)c1ccc(S(C)(=O)=O)c([N+](=O)[O-])c1)c1ccccc1. The molecule has 0 aliphatic carbocycles. The van der Waals surface area contributed by atoms with Gasteiger partial charge < -0.3 is 9.64 Å². The van der Waals surface area contributed by atoms with Crippen LogP contribution in [0.25, 0.3) is 0 Å². The van der Waals surface area contributed by atoms with Crippen molar-refractivity contribution in [2.75, 3.05) is 20.4 Å². The first-order valence-electron chi connectivity index (χ1n) is 7.98. The highest BCUT2D eigenvalue weighted by Gasteiger charge is 2.29. The Morgan fingerprint density at radius 2 is 1.71 bits per heavy atom. The van der Waals surface area contributed by atoms with Crippen molar-refractivity contribution in [3.63, 3.8) is 0 Å². The normalized spacial score (nSPS) is 12.1. The van der Waals surface area contributed by atoms with Gasteiger partial charge in [0, 0.05) is 32.0 Å². The molecule has 2 rings (SSSR count). The topological polar surface area (TPSA) is 124 Å². The first-order chi connectivity index (χ1) is 13.0. The maximum absolute atomic E-state index is 12.5. The van der Waals surface area contributed by atoms with Gasteiger partial charge in [-0.25, -0.2) is 13.2 Å². The van der Waals surface area contributed by atoms with Crippen LogP contribution < -0.4 is 0 Å². The van der Waals surface area contributed by atoms with Gasteiger partial charge in [0.15, 0.2) is 9.84 Å². The van der Waals surface area contributed by atoms with E-state index in [1.165, 1.54) is 19.0 Å². The summed E-state index contributed by atoms with van der Waals surface area (Å²) in [5.74, 6) is -1.49. The van der Waals surface area contributed by atoms with Crippen LogP contribution in [0.5, 0.6) is 0 Å². The molecule has 0 radical (unpaired) electrons. The zero-order valence-corrected chi connectivity index (χ0v) is 16.2. The predicted octanol–water partition coefficient (Wildman–Crippen LogP) is 1.98. The molecule has 0 heterocycles. The van der Waals surface area contributed by atoms with Gasteiger partial charge in [-0.2, -0.15) is 0 Å². The van der Waals surface area contributed by atoms with Gasteiger partial charge in [-0.3, -0.25) is 14.9 Å². The van der Waals surface area contributed by atoms with Crippen LogP contribution in [-0.4, -0.2) is 50.5 Å². The Morgan fingerprint density at radius 1 is 1.11 bits per heavy atom. The minimum atomic E-state index is -3.87. The third-order valence-electron chi connectivity index (χ3n) is 3.78. The predicted molar refractivity (Wildman–Crippen MR) is 99.5 cm³/mol. The van der Waals surface area contributed by atoms with Gasteiger partial charge in [-0.05, 0) is 12.1 Å². The Kier molecular flexibility index (Phi) is 6.14. The molecule has 0 aliphatic heterocycles. The highest BCUT2D eigenvalue weighted by molar-refractivity contribution is 7.90. The molecule has 1 amide bonds. The lowest BCUT2D eigenvalue weighted by atomic mass is 10.1. The summed E-state index contributed by atoms with van der Waals surface area (Å²) in [7, 11) is -0.870. The molecule has 0 aromatic heterocycles. The van der Waals surface area contributed by atoms with Crippen molar-refractivity contribution in [3.05, 3.63) is 69.8 Å². The Labute approximate surface area is 161 Å². The number of carbonyl (C=O) groups excluding carboxylic acids is 2. The van der Waals surface area contributed by atoms with E-state index in [-0.39, 0.29) is 5.56 Å². The number of nitrogens with zero attached hydrogens (tertiary/aromatic N) is 2. The fourth-order valence-electron chi connectivity index (χ4n) is 2.40. The smallest absolute Gasteiger partial charge is 0.339 e. The fourth-order valence-corrected chi connectivity index (χ4v) is 3.23. The van der Waals surface area contributed by atoms with E-state index in [1.54, 1.807) is 30.3 Å². The molecule has 0 fully saturated rings. The van der Waals surface area contributed by atoms with E-state index in [0.29, 0.717) is 5.56 Å². The first-order valence-corrected chi connectivity index (χ1v) is 9.87. The molecule has 0 spiro atoms. The lowest BCUT2D eigenvalue weighted by Gasteiger charge is -2.21. The van der Waals surface area contributed by atoms with Gasteiger partial charge in [0.2, 0.25) is 6.10 Å².